The fourth-order valence-corrected chi connectivity index (χ4v) is 2.49. The van der Waals surface area contributed by atoms with Gasteiger partial charge in [0.1, 0.15) is 0 Å². The summed E-state index contributed by atoms with van der Waals surface area (Å²) in [5.41, 5.74) is 2.02. The van der Waals surface area contributed by atoms with Crippen LogP contribution in [-0.4, -0.2) is 32.6 Å². The van der Waals surface area contributed by atoms with Gasteiger partial charge < -0.3 is 10.2 Å². The van der Waals surface area contributed by atoms with Crippen LogP contribution in [0.3, 0.4) is 0 Å². The summed E-state index contributed by atoms with van der Waals surface area (Å²) in [5, 5.41) is 17.9. The van der Waals surface area contributed by atoms with Crippen LogP contribution in [0.2, 0.25) is 0 Å². The number of hydrogen-bond donors (Lipinski definition) is 2. The average Bonchev–Trinajstić information content (AvgIpc) is 2.56. The van der Waals surface area contributed by atoms with E-state index in [4.69, 9.17) is 10.2 Å². The molecule has 0 saturated carbocycles. The zero-order chi connectivity index (χ0) is 11.5. The van der Waals surface area contributed by atoms with E-state index >= 15 is 0 Å². The van der Waals surface area contributed by atoms with Gasteiger partial charge >= 0.3 is 5.69 Å². The second kappa shape index (κ2) is 4.84. The van der Waals surface area contributed by atoms with Crippen LogP contribution < -0.4 is 5.69 Å². The van der Waals surface area contributed by atoms with Crippen molar-refractivity contribution in [3.05, 3.63) is 21.9 Å². The van der Waals surface area contributed by atoms with Gasteiger partial charge in [0.15, 0.2) is 0 Å². The Morgan fingerprint density at radius 2 is 1.38 bits per heavy atom. The number of nitrogens with zero attached hydrogens (tertiary/aromatic N) is 2. The monoisotopic (exact) mass is 226 g/mol. The van der Waals surface area contributed by atoms with E-state index in [2.05, 4.69) is 0 Å². The number of aliphatic hydroxyl groups is 2. The van der Waals surface area contributed by atoms with Gasteiger partial charge in [-0.25, -0.2) is 4.79 Å². The summed E-state index contributed by atoms with van der Waals surface area (Å²) >= 11 is 0. The van der Waals surface area contributed by atoms with E-state index in [9.17, 15) is 4.79 Å². The van der Waals surface area contributed by atoms with E-state index in [1.165, 1.54) is 0 Å². The highest BCUT2D eigenvalue weighted by molar-refractivity contribution is 5.18. The summed E-state index contributed by atoms with van der Waals surface area (Å²) in [7, 11) is 0. The second-order valence-corrected chi connectivity index (χ2v) is 4.13. The van der Waals surface area contributed by atoms with E-state index in [1.54, 1.807) is 9.13 Å². The molecule has 0 atom stereocenters. The lowest BCUT2D eigenvalue weighted by Crippen LogP contribution is -2.27. The van der Waals surface area contributed by atoms with Crippen LogP contribution >= 0.6 is 0 Å². The number of fused-ring (bicyclic) bond motifs is 1. The molecule has 1 aliphatic carbocycles. The first-order valence-corrected chi connectivity index (χ1v) is 5.82. The predicted molar refractivity (Wildman–Crippen MR) is 59.5 cm³/mol. The van der Waals surface area contributed by atoms with Crippen LogP contribution in [0.5, 0.6) is 0 Å². The third kappa shape index (κ3) is 1.81. The summed E-state index contributed by atoms with van der Waals surface area (Å²) in [5.74, 6) is 0. The molecule has 90 valence electrons. The minimum absolute atomic E-state index is 0.0184. The molecule has 2 rings (SSSR count). The maximum absolute atomic E-state index is 12.0. The van der Waals surface area contributed by atoms with E-state index in [0.29, 0.717) is 13.1 Å². The first kappa shape index (κ1) is 11.4. The first-order valence-electron chi connectivity index (χ1n) is 5.82. The van der Waals surface area contributed by atoms with Crippen LogP contribution in [0.1, 0.15) is 24.2 Å². The Bertz CT molecular complexity index is 383. The zero-order valence-electron chi connectivity index (χ0n) is 9.35. The Labute approximate surface area is 93.9 Å². The standard InChI is InChI=1S/C11H18N2O3/c14-7-5-12-9-3-1-2-4-10(9)13(6-8-15)11(12)16/h14-15H,1-8H2. The van der Waals surface area contributed by atoms with Gasteiger partial charge in [0.2, 0.25) is 0 Å². The average molecular weight is 226 g/mol. The number of aliphatic hydroxyl groups excluding tert-OH is 2. The molecule has 0 spiro atoms. The van der Waals surface area contributed by atoms with E-state index in [0.717, 1.165) is 37.1 Å². The summed E-state index contributed by atoms with van der Waals surface area (Å²) in [6.07, 6.45) is 4.01. The molecular formula is C11H18N2O3. The molecule has 1 aliphatic rings. The molecule has 0 bridgehead atoms. The first-order chi connectivity index (χ1) is 7.79. The van der Waals surface area contributed by atoms with Crippen molar-refractivity contribution in [2.75, 3.05) is 13.2 Å². The van der Waals surface area contributed by atoms with Crippen LogP contribution in [0, 0.1) is 0 Å². The predicted octanol–water partition coefficient (Wildman–Crippen LogP) is -0.487. The van der Waals surface area contributed by atoms with Gasteiger partial charge in [-0.2, -0.15) is 0 Å². The highest BCUT2D eigenvalue weighted by atomic mass is 16.3. The largest absolute Gasteiger partial charge is 0.395 e. The Hall–Kier alpha value is -1.07. The molecule has 0 aromatic carbocycles. The fourth-order valence-electron chi connectivity index (χ4n) is 2.49. The van der Waals surface area contributed by atoms with Crippen molar-refractivity contribution in [1.82, 2.24) is 9.13 Å². The van der Waals surface area contributed by atoms with Gasteiger partial charge in [0.25, 0.3) is 0 Å². The molecule has 0 fully saturated rings. The van der Waals surface area contributed by atoms with Gasteiger partial charge in [0, 0.05) is 11.4 Å². The lowest BCUT2D eigenvalue weighted by molar-refractivity contribution is 0.265. The minimum atomic E-state index is -0.0880. The molecule has 5 heteroatoms. The van der Waals surface area contributed by atoms with Gasteiger partial charge in [0.05, 0.1) is 26.3 Å². The van der Waals surface area contributed by atoms with Crippen molar-refractivity contribution in [2.24, 2.45) is 0 Å². The van der Waals surface area contributed by atoms with Gasteiger partial charge in [-0.15, -0.1) is 0 Å². The zero-order valence-corrected chi connectivity index (χ0v) is 9.35. The molecule has 16 heavy (non-hydrogen) atoms. The SMILES string of the molecule is O=c1n(CCO)c2c(n1CCO)CCCC2. The maximum atomic E-state index is 12.0. The van der Waals surface area contributed by atoms with Crippen LogP contribution in [0.15, 0.2) is 4.79 Å². The van der Waals surface area contributed by atoms with E-state index < -0.39 is 0 Å². The smallest absolute Gasteiger partial charge is 0.328 e. The molecule has 0 amide bonds. The van der Waals surface area contributed by atoms with Crippen molar-refractivity contribution in [1.29, 1.82) is 0 Å². The minimum Gasteiger partial charge on any atom is -0.395 e. The Kier molecular flexibility index (Phi) is 3.46. The van der Waals surface area contributed by atoms with Crippen molar-refractivity contribution in [2.45, 2.75) is 38.8 Å². The van der Waals surface area contributed by atoms with Crippen LogP contribution in [-0.2, 0) is 25.9 Å². The Morgan fingerprint density at radius 3 is 1.75 bits per heavy atom. The van der Waals surface area contributed by atoms with Gasteiger partial charge in [-0.1, -0.05) is 0 Å². The number of rotatable bonds is 4. The molecule has 0 unspecified atom stereocenters. The van der Waals surface area contributed by atoms with Crippen LogP contribution in [0.4, 0.5) is 0 Å². The lowest BCUT2D eigenvalue weighted by Gasteiger charge is -2.14. The van der Waals surface area contributed by atoms with Crippen LogP contribution in [0.25, 0.3) is 0 Å². The summed E-state index contributed by atoms with van der Waals surface area (Å²) in [6, 6.07) is 0. The topological polar surface area (TPSA) is 67.4 Å². The fraction of sp³-hybridized carbons (Fsp3) is 0.727. The Morgan fingerprint density at radius 1 is 0.938 bits per heavy atom. The molecular weight excluding hydrogens is 208 g/mol. The molecule has 1 aromatic rings. The van der Waals surface area contributed by atoms with Gasteiger partial charge in [-0.3, -0.25) is 9.13 Å². The molecule has 2 N–H and O–H groups in total. The van der Waals surface area contributed by atoms with Crippen molar-refractivity contribution in [3.8, 4) is 0 Å². The maximum Gasteiger partial charge on any atom is 0.328 e. The number of hydrogen-bond acceptors (Lipinski definition) is 3. The Balaban J connectivity index is 2.48. The van der Waals surface area contributed by atoms with Crippen molar-refractivity contribution >= 4 is 0 Å². The highest BCUT2D eigenvalue weighted by Crippen LogP contribution is 2.20. The number of imidazole rings is 1. The van der Waals surface area contributed by atoms with Crippen molar-refractivity contribution in [3.63, 3.8) is 0 Å². The summed E-state index contributed by atoms with van der Waals surface area (Å²) in [4.78, 5) is 12.0. The molecule has 1 heterocycles. The molecule has 0 radical (unpaired) electrons. The highest BCUT2D eigenvalue weighted by Gasteiger charge is 2.21. The van der Waals surface area contributed by atoms with E-state index in [-0.39, 0.29) is 18.9 Å². The normalized spacial score (nSPS) is 15.1. The molecule has 1 aromatic heterocycles. The molecule has 0 aliphatic heterocycles. The summed E-state index contributed by atoms with van der Waals surface area (Å²) < 4.78 is 3.31. The van der Waals surface area contributed by atoms with Crippen molar-refractivity contribution < 1.29 is 10.2 Å². The summed E-state index contributed by atoms with van der Waals surface area (Å²) in [6.45, 7) is 0.685. The number of aromatic nitrogens is 2. The third-order valence-electron chi connectivity index (χ3n) is 3.17. The molecule has 5 nitrogen and oxygen atoms in total. The lowest BCUT2D eigenvalue weighted by atomic mass is 10.0. The van der Waals surface area contributed by atoms with E-state index in [1.807, 2.05) is 0 Å². The third-order valence-corrected chi connectivity index (χ3v) is 3.17. The quantitative estimate of drug-likeness (QED) is 0.728. The van der Waals surface area contributed by atoms with Gasteiger partial charge in [-0.05, 0) is 25.7 Å². The second-order valence-electron chi connectivity index (χ2n) is 4.13. The molecule has 0 saturated heterocycles.